The Morgan fingerprint density at radius 1 is 1.03 bits per heavy atom. The summed E-state index contributed by atoms with van der Waals surface area (Å²) in [5.74, 6) is 4.11. The lowest BCUT2D eigenvalue weighted by atomic mass is 9.49. The van der Waals surface area contributed by atoms with Crippen LogP contribution in [0.25, 0.3) is 10.9 Å². The number of hydrogen-bond acceptors (Lipinski definition) is 4. The smallest absolute Gasteiger partial charge is 0.132 e. The number of nitrogens with one attached hydrogen (secondary N) is 1. The van der Waals surface area contributed by atoms with Crippen molar-refractivity contribution >= 4 is 16.7 Å². The van der Waals surface area contributed by atoms with Crippen molar-refractivity contribution in [3.05, 3.63) is 53.6 Å². The molecule has 4 bridgehead atoms. The molecular formula is C28H35N5. The summed E-state index contributed by atoms with van der Waals surface area (Å²) in [4.78, 5) is 12.0. The molecule has 3 heterocycles. The number of aryl methyl sites for hydroxylation is 1. The van der Waals surface area contributed by atoms with Gasteiger partial charge in [0.1, 0.15) is 12.1 Å². The Kier molecular flexibility index (Phi) is 4.58. The lowest BCUT2D eigenvalue weighted by Crippen LogP contribution is -2.49. The topological polar surface area (TPSA) is 46.0 Å². The summed E-state index contributed by atoms with van der Waals surface area (Å²) in [6.45, 7) is 4.06. The minimum atomic E-state index is 0.529. The van der Waals surface area contributed by atoms with Crippen molar-refractivity contribution in [3.63, 3.8) is 0 Å². The summed E-state index contributed by atoms with van der Waals surface area (Å²) in [7, 11) is 2.15. The van der Waals surface area contributed by atoms with Gasteiger partial charge in [0.2, 0.25) is 0 Å². The first-order valence-electron chi connectivity index (χ1n) is 13.0. The largest absolute Gasteiger partial charge is 0.369 e. The van der Waals surface area contributed by atoms with Gasteiger partial charge in [0.05, 0.1) is 5.69 Å². The van der Waals surface area contributed by atoms with Gasteiger partial charge in [-0.25, -0.2) is 9.97 Å². The van der Waals surface area contributed by atoms with Crippen molar-refractivity contribution in [3.8, 4) is 0 Å². The molecule has 0 saturated heterocycles. The summed E-state index contributed by atoms with van der Waals surface area (Å²) in [6, 6.07) is 8.72. The minimum Gasteiger partial charge on any atom is -0.369 e. The number of rotatable bonds is 5. The highest BCUT2D eigenvalue weighted by atomic mass is 15.2. The predicted molar refractivity (Wildman–Crippen MR) is 132 cm³/mol. The Morgan fingerprint density at radius 3 is 2.58 bits per heavy atom. The molecule has 0 atom stereocenters. The van der Waals surface area contributed by atoms with Crippen molar-refractivity contribution in [1.82, 2.24) is 19.4 Å². The van der Waals surface area contributed by atoms with Crippen LogP contribution >= 0.6 is 0 Å². The van der Waals surface area contributed by atoms with E-state index in [1.807, 2.05) is 0 Å². The van der Waals surface area contributed by atoms with Crippen molar-refractivity contribution in [1.29, 1.82) is 0 Å². The first-order valence-corrected chi connectivity index (χ1v) is 13.0. The number of nitrogens with zero attached hydrogens (tertiary/aromatic N) is 4. The second-order valence-corrected chi connectivity index (χ2v) is 11.7. The van der Waals surface area contributed by atoms with Crippen molar-refractivity contribution < 1.29 is 0 Å². The fraction of sp³-hybridized carbons (Fsp3) is 0.571. The zero-order chi connectivity index (χ0) is 22.0. The summed E-state index contributed by atoms with van der Waals surface area (Å²) < 4.78 is 2.25. The maximum absolute atomic E-state index is 4.72. The van der Waals surface area contributed by atoms with Crippen LogP contribution in [-0.4, -0.2) is 32.5 Å². The van der Waals surface area contributed by atoms with Gasteiger partial charge in [0, 0.05) is 55.9 Å². The lowest BCUT2D eigenvalue weighted by molar-refractivity contribution is -0.0444. The first kappa shape index (κ1) is 20.0. The SMILES string of the molecule is Cn1cc(CN2CCc3c(ncnc3NCC34CC5CC(CC(C5)C3)C4)C2)c2ccccc21. The molecule has 3 aromatic rings. The summed E-state index contributed by atoms with van der Waals surface area (Å²) in [6.07, 6.45) is 14.0. The lowest BCUT2D eigenvalue weighted by Gasteiger charge is -2.57. The Bertz CT molecular complexity index is 1160. The van der Waals surface area contributed by atoms with Gasteiger partial charge in [-0.3, -0.25) is 4.90 Å². The number of hydrogen-bond donors (Lipinski definition) is 1. The summed E-state index contributed by atoms with van der Waals surface area (Å²) in [5.41, 5.74) is 5.82. The maximum atomic E-state index is 4.72. The fourth-order valence-electron chi connectivity index (χ4n) is 8.27. The Balaban J connectivity index is 1.07. The molecule has 172 valence electrons. The van der Waals surface area contributed by atoms with Gasteiger partial charge in [0.15, 0.2) is 0 Å². The molecule has 2 aromatic heterocycles. The van der Waals surface area contributed by atoms with E-state index in [4.69, 9.17) is 9.97 Å². The molecule has 4 saturated carbocycles. The number of anilines is 1. The Hall–Kier alpha value is -2.40. The zero-order valence-electron chi connectivity index (χ0n) is 19.8. The number of aromatic nitrogens is 3. The van der Waals surface area contributed by atoms with Crippen molar-refractivity contribution in [2.75, 3.05) is 18.4 Å². The van der Waals surface area contributed by atoms with E-state index in [9.17, 15) is 0 Å². The molecule has 1 N–H and O–H groups in total. The van der Waals surface area contributed by atoms with E-state index < -0.39 is 0 Å². The molecular weight excluding hydrogens is 406 g/mol. The molecule has 5 nitrogen and oxygen atoms in total. The van der Waals surface area contributed by atoms with Crippen LogP contribution in [0, 0.1) is 23.2 Å². The van der Waals surface area contributed by atoms with E-state index in [0.717, 1.165) is 56.2 Å². The third-order valence-corrected chi connectivity index (χ3v) is 9.26. The molecule has 1 aromatic carbocycles. The third kappa shape index (κ3) is 3.47. The highest BCUT2D eigenvalue weighted by Crippen LogP contribution is 2.59. The monoisotopic (exact) mass is 441 g/mol. The number of benzene rings is 1. The molecule has 4 aliphatic carbocycles. The second-order valence-electron chi connectivity index (χ2n) is 11.7. The van der Waals surface area contributed by atoms with Gasteiger partial charge in [-0.2, -0.15) is 0 Å². The molecule has 0 radical (unpaired) electrons. The summed E-state index contributed by atoms with van der Waals surface area (Å²) >= 11 is 0. The van der Waals surface area contributed by atoms with E-state index in [-0.39, 0.29) is 0 Å². The van der Waals surface area contributed by atoms with Crippen LogP contribution in [0.1, 0.15) is 55.3 Å². The third-order valence-electron chi connectivity index (χ3n) is 9.26. The normalized spacial score (nSPS) is 30.6. The van der Waals surface area contributed by atoms with Gasteiger partial charge in [-0.05, 0) is 79.7 Å². The van der Waals surface area contributed by atoms with Crippen LogP contribution in [0.5, 0.6) is 0 Å². The van der Waals surface area contributed by atoms with Crippen LogP contribution < -0.4 is 5.32 Å². The van der Waals surface area contributed by atoms with Crippen molar-refractivity contribution in [2.45, 2.75) is 58.0 Å². The molecule has 1 aliphatic heterocycles. The minimum absolute atomic E-state index is 0.529. The summed E-state index contributed by atoms with van der Waals surface area (Å²) in [5, 5.41) is 5.22. The molecule has 33 heavy (non-hydrogen) atoms. The highest BCUT2D eigenvalue weighted by Gasteiger charge is 2.50. The highest BCUT2D eigenvalue weighted by molar-refractivity contribution is 5.83. The zero-order valence-corrected chi connectivity index (χ0v) is 19.8. The molecule has 0 unspecified atom stereocenters. The quantitative estimate of drug-likeness (QED) is 0.594. The molecule has 5 aliphatic rings. The van der Waals surface area contributed by atoms with E-state index in [1.54, 1.807) is 6.33 Å². The average molecular weight is 442 g/mol. The van der Waals surface area contributed by atoms with Gasteiger partial charge >= 0.3 is 0 Å². The van der Waals surface area contributed by atoms with Crippen LogP contribution in [0.3, 0.4) is 0 Å². The van der Waals surface area contributed by atoms with Crippen LogP contribution in [0.15, 0.2) is 36.8 Å². The van der Waals surface area contributed by atoms with Crippen molar-refractivity contribution in [2.24, 2.45) is 30.2 Å². The van der Waals surface area contributed by atoms with Gasteiger partial charge in [-0.15, -0.1) is 0 Å². The number of fused-ring (bicyclic) bond motifs is 2. The molecule has 5 heteroatoms. The Labute approximate surface area is 196 Å². The first-order chi connectivity index (χ1) is 16.1. The van der Waals surface area contributed by atoms with Crippen LogP contribution in [0.4, 0.5) is 5.82 Å². The molecule has 4 fully saturated rings. The van der Waals surface area contributed by atoms with E-state index in [0.29, 0.717) is 5.41 Å². The average Bonchev–Trinajstić information content (AvgIpc) is 3.12. The van der Waals surface area contributed by atoms with Gasteiger partial charge < -0.3 is 9.88 Å². The molecule has 0 spiro atoms. The van der Waals surface area contributed by atoms with E-state index in [2.05, 4.69) is 52.3 Å². The second kappa shape index (κ2) is 7.56. The fourth-order valence-corrected chi connectivity index (χ4v) is 8.27. The van der Waals surface area contributed by atoms with E-state index in [1.165, 1.54) is 66.2 Å². The number of para-hydroxylation sites is 1. The predicted octanol–water partition coefficient (Wildman–Crippen LogP) is 5.15. The van der Waals surface area contributed by atoms with E-state index >= 15 is 0 Å². The van der Waals surface area contributed by atoms with Gasteiger partial charge in [-0.1, -0.05) is 18.2 Å². The van der Waals surface area contributed by atoms with Gasteiger partial charge in [0.25, 0.3) is 0 Å². The molecule has 8 rings (SSSR count). The van der Waals surface area contributed by atoms with Crippen LogP contribution in [0.2, 0.25) is 0 Å². The maximum Gasteiger partial charge on any atom is 0.132 e. The molecule has 0 amide bonds. The standard InChI is InChI=1S/C28H35N5/c1-32-14-22(23-4-2-3-5-26(23)32)15-33-7-6-24-25(16-33)30-18-31-27(24)29-17-28-11-19-8-20(12-28)10-21(9-19)13-28/h2-5,14,18-21H,6-13,15-17H2,1H3,(H,29,30,31). The Morgan fingerprint density at radius 2 is 1.79 bits per heavy atom. The van der Waals surface area contributed by atoms with Crippen LogP contribution in [-0.2, 0) is 26.6 Å².